The number of pyridine rings is 1. The lowest BCUT2D eigenvalue weighted by Crippen LogP contribution is -2.44. The number of nitrogens with one attached hydrogen (secondary N) is 1. The number of hydrogen-bond donors (Lipinski definition) is 2. The molecule has 0 radical (unpaired) electrons. The van der Waals surface area contributed by atoms with Crippen molar-refractivity contribution >= 4 is 5.82 Å². The average molecular weight is 253 g/mol. The van der Waals surface area contributed by atoms with Gasteiger partial charge in [-0.2, -0.15) is 0 Å². The summed E-state index contributed by atoms with van der Waals surface area (Å²) in [6.07, 6.45) is 3.18. The molecule has 0 aliphatic rings. The van der Waals surface area contributed by atoms with Crippen molar-refractivity contribution < 1.29 is 9.47 Å². The summed E-state index contributed by atoms with van der Waals surface area (Å²) in [4.78, 5) is 4.09. The Morgan fingerprint density at radius 2 is 2.11 bits per heavy atom. The molecule has 0 fully saturated rings. The van der Waals surface area contributed by atoms with E-state index in [1.165, 1.54) is 0 Å². The van der Waals surface area contributed by atoms with Crippen LogP contribution in [0.5, 0.6) is 0 Å². The molecule has 0 saturated heterocycles. The fourth-order valence-electron chi connectivity index (χ4n) is 1.88. The maximum Gasteiger partial charge on any atom is 0.172 e. The number of methoxy groups -OCH3 is 2. The van der Waals surface area contributed by atoms with Gasteiger partial charge >= 0.3 is 0 Å². The molecule has 0 bridgehead atoms. The molecule has 5 nitrogen and oxygen atoms in total. The predicted octanol–water partition coefficient (Wildman–Crippen LogP) is 1.19. The second-order valence-electron chi connectivity index (χ2n) is 4.15. The molecule has 102 valence electrons. The van der Waals surface area contributed by atoms with Gasteiger partial charge < -0.3 is 20.5 Å². The van der Waals surface area contributed by atoms with Crippen molar-refractivity contribution in [2.24, 2.45) is 0 Å². The molecule has 0 aromatic carbocycles. The second kappa shape index (κ2) is 8.02. The van der Waals surface area contributed by atoms with Gasteiger partial charge in [0.1, 0.15) is 5.82 Å². The van der Waals surface area contributed by atoms with E-state index < -0.39 is 0 Å². The maximum atomic E-state index is 5.86. The minimum absolute atomic E-state index is 0.0615. The Balaban J connectivity index is 2.74. The molecule has 1 unspecified atom stereocenters. The van der Waals surface area contributed by atoms with Crippen LogP contribution in [0, 0.1) is 0 Å². The first-order chi connectivity index (χ1) is 8.72. The Morgan fingerprint density at radius 1 is 1.39 bits per heavy atom. The van der Waals surface area contributed by atoms with Gasteiger partial charge in [0.05, 0.1) is 6.04 Å². The molecule has 1 rings (SSSR count). The highest BCUT2D eigenvalue weighted by Crippen LogP contribution is 2.13. The van der Waals surface area contributed by atoms with E-state index in [9.17, 15) is 0 Å². The highest BCUT2D eigenvalue weighted by atomic mass is 16.7. The Labute approximate surface area is 109 Å². The standard InChI is InChI=1S/C13H23N3O2/c1-4-7-15-11(13(17-2)18-3)9-10-6-5-8-16-12(10)14/h5-6,8,11,13,15H,4,7,9H2,1-3H3,(H2,14,16). The van der Waals surface area contributed by atoms with Crippen molar-refractivity contribution in [3.63, 3.8) is 0 Å². The summed E-state index contributed by atoms with van der Waals surface area (Å²) in [5.74, 6) is 0.562. The van der Waals surface area contributed by atoms with Gasteiger partial charge in [0, 0.05) is 20.4 Å². The molecule has 0 saturated carbocycles. The summed E-state index contributed by atoms with van der Waals surface area (Å²) >= 11 is 0. The van der Waals surface area contributed by atoms with Gasteiger partial charge in [-0.15, -0.1) is 0 Å². The first kappa shape index (κ1) is 14.9. The molecule has 5 heteroatoms. The zero-order chi connectivity index (χ0) is 13.4. The van der Waals surface area contributed by atoms with Crippen molar-refractivity contribution in [1.82, 2.24) is 10.3 Å². The van der Waals surface area contributed by atoms with E-state index in [1.807, 2.05) is 12.1 Å². The Hall–Kier alpha value is -1.17. The van der Waals surface area contributed by atoms with E-state index in [-0.39, 0.29) is 12.3 Å². The van der Waals surface area contributed by atoms with E-state index in [0.29, 0.717) is 5.82 Å². The number of aromatic nitrogens is 1. The van der Waals surface area contributed by atoms with Crippen LogP contribution in [0.1, 0.15) is 18.9 Å². The van der Waals surface area contributed by atoms with Gasteiger partial charge in [-0.25, -0.2) is 4.98 Å². The third-order valence-corrected chi connectivity index (χ3v) is 2.82. The van der Waals surface area contributed by atoms with E-state index in [1.54, 1.807) is 20.4 Å². The van der Waals surface area contributed by atoms with E-state index in [2.05, 4.69) is 17.2 Å². The van der Waals surface area contributed by atoms with Crippen LogP contribution in [0.2, 0.25) is 0 Å². The lowest BCUT2D eigenvalue weighted by atomic mass is 10.1. The quantitative estimate of drug-likeness (QED) is 0.681. The van der Waals surface area contributed by atoms with Crippen molar-refractivity contribution in [1.29, 1.82) is 0 Å². The fourth-order valence-corrected chi connectivity index (χ4v) is 1.88. The van der Waals surface area contributed by atoms with Gasteiger partial charge in [-0.1, -0.05) is 13.0 Å². The van der Waals surface area contributed by atoms with Gasteiger partial charge in [0.15, 0.2) is 6.29 Å². The second-order valence-corrected chi connectivity index (χ2v) is 4.15. The van der Waals surface area contributed by atoms with Gasteiger partial charge in [0.2, 0.25) is 0 Å². The van der Waals surface area contributed by atoms with Crippen LogP contribution in [0.25, 0.3) is 0 Å². The lowest BCUT2D eigenvalue weighted by Gasteiger charge is -2.26. The molecule has 0 spiro atoms. The van der Waals surface area contributed by atoms with Crippen molar-refractivity contribution in [2.75, 3.05) is 26.5 Å². The Morgan fingerprint density at radius 3 is 2.67 bits per heavy atom. The molecule has 1 atom stereocenters. The third kappa shape index (κ3) is 4.25. The molecule has 3 N–H and O–H groups in total. The number of ether oxygens (including phenoxy) is 2. The molecule has 0 amide bonds. The molecule has 18 heavy (non-hydrogen) atoms. The highest BCUT2D eigenvalue weighted by molar-refractivity contribution is 5.38. The fraction of sp³-hybridized carbons (Fsp3) is 0.615. The largest absolute Gasteiger partial charge is 0.383 e. The summed E-state index contributed by atoms with van der Waals surface area (Å²) in [5, 5.41) is 3.41. The minimum atomic E-state index is -0.295. The molecule has 1 aromatic rings. The van der Waals surface area contributed by atoms with Crippen LogP contribution in [0.15, 0.2) is 18.3 Å². The molecular formula is C13H23N3O2. The predicted molar refractivity (Wildman–Crippen MR) is 72.2 cm³/mol. The van der Waals surface area contributed by atoms with Crippen LogP contribution in [-0.2, 0) is 15.9 Å². The van der Waals surface area contributed by atoms with Crippen LogP contribution in [0.4, 0.5) is 5.82 Å². The number of anilines is 1. The summed E-state index contributed by atoms with van der Waals surface area (Å²) in [6, 6.07) is 3.93. The average Bonchev–Trinajstić information content (AvgIpc) is 2.39. The monoisotopic (exact) mass is 253 g/mol. The number of nitrogens with two attached hydrogens (primary N) is 1. The lowest BCUT2D eigenvalue weighted by molar-refractivity contribution is -0.122. The number of nitrogens with zero attached hydrogens (tertiary/aromatic N) is 1. The highest BCUT2D eigenvalue weighted by Gasteiger charge is 2.21. The first-order valence-corrected chi connectivity index (χ1v) is 6.21. The maximum absolute atomic E-state index is 5.86. The summed E-state index contributed by atoms with van der Waals surface area (Å²) in [6.45, 7) is 3.03. The van der Waals surface area contributed by atoms with Crippen LogP contribution in [-0.4, -0.2) is 38.1 Å². The van der Waals surface area contributed by atoms with Crippen molar-refractivity contribution in [3.05, 3.63) is 23.9 Å². The smallest absolute Gasteiger partial charge is 0.172 e. The van der Waals surface area contributed by atoms with Gasteiger partial charge in [0.25, 0.3) is 0 Å². The number of nitrogen functional groups attached to an aromatic ring is 1. The molecular weight excluding hydrogens is 230 g/mol. The van der Waals surface area contributed by atoms with Crippen LogP contribution >= 0.6 is 0 Å². The zero-order valence-corrected chi connectivity index (χ0v) is 11.3. The first-order valence-electron chi connectivity index (χ1n) is 6.21. The van der Waals surface area contributed by atoms with Crippen LogP contribution in [0.3, 0.4) is 0 Å². The van der Waals surface area contributed by atoms with Gasteiger partial charge in [-0.3, -0.25) is 0 Å². The van der Waals surface area contributed by atoms with E-state index in [4.69, 9.17) is 15.2 Å². The van der Waals surface area contributed by atoms with Gasteiger partial charge in [-0.05, 0) is 31.0 Å². The summed E-state index contributed by atoms with van der Waals surface area (Å²) < 4.78 is 10.6. The third-order valence-electron chi connectivity index (χ3n) is 2.82. The van der Waals surface area contributed by atoms with Crippen molar-refractivity contribution in [3.8, 4) is 0 Å². The topological polar surface area (TPSA) is 69.4 Å². The molecule has 0 aliphatic carbocycles. The molecule has 1 heterocycles. The zero-order valence-electron chi connectivity index (χ0n) is 11.3. The Bertz CT molecular complexity index is 343. The number of rotatable bonds is 8. The molecule has 0 aliphatic heterocycles. The SMILES string of the molecule is CCCNC(Cc1cccnc1N)C(OC)OC. The summed E-state index contributed by atoms with van der Waals surface area (Å²) in [5.41, 5.74) is 6.86. The minimum Gasteiger partial charge on any atom is -0.383 e. The van der Waals surface area contributed by atoms with E-state index in [0.717, 1.165) is 24.9 Å². The number of hydrogen-bond acceptors (Lipinski definition) is 5. The van der Waals surface area contributed by atoms with Crippen molar-refractivity contribution in [2.45, 2.75) is 32.1 Å². The van der Waals surface area contributed by atoms with Crippen LogP contribution < -0.4 is 11.1 Å². The summed E-state index contributed by atoms with van der Waals surface area (Å²) in [7, 11) is 3.28. The Kier molecular flexibility index (Phi) is 6.64. The normalized spacial score (nSPS) is 12.9. The molecule has 1 aromatic heterocycles. The van der Waals surface area contributed by atoms with E-state index >= 15 is 0 Å².